The van der Waals surface area contributed by atoms with Crippen LogP contribution in [0.1, 0.15) is 20.3 Å². The lowest BCUT2D eigenvalue weighted by molar-refractivity contribution is -0.146. The summed E-state index contributed by atoms with van der Waals surface area (Å²) in [4.78, 5) is 22.2. The summed E-state index contributed by atoms with van der Waals surface area (Å²) in [6, 6.07) is 5.80. The van der Waals surface area contributed by atoms with Crippen molar-refractivity contribution < 1.29 is 23.1 Å². The van der Waals surface area contributed by atoms with E-state index in [-0.39, 0.29) is 30.3 Å². The molecule has 0 aliphatic carbocycles. The monoisotopic (exact) mass is 326 g/mol. The molecule has 2 rings (SSSR count). The molecule has 0 aromatic heterocycles. The number of carboxylic acid groups (broad SMARTS) is 1. The molecule has 1 fully saturated rings. The van der Waals surface area contributed by atoms with Gasteiger partial charge in [-0.2, -0.15) is 4.31 Å². The number of hydrogen-bond acceptors (Lipinski definition) is 4. The Kier molecular flexibility index (Phi) is 4.25. The highest BCUT2D eigenvalue weighted by Crippen LogP contribution is 2.33. The Morgan fingerprint density at radius 1 is 1.27 bits per heavy atom. The Morgan fingerprint density at radius 3 is 2.32 bits per heavy atom. The second-order valence-corrected chi connectivity index (χ2v) is 7.60. The zero-order valence-corrected chi connectivity index (χ0v) is 13.2. The minimum atomic E-state index is -3.73. The fourth-order valence-electron chi connectivity index (χ4n) is 2.36. The van der Waals surface area contributed by atoms with Crippen LogP contribution >= 0.6 is 0 Å². The van der Waals surface area contributed by atoms with E-state index in [0.717, 1.165) is 0 Å². The topological polar surface area (TPSA) is 104 Å². The first-order valence-corrected chi connectivity index (χ1v) is 8.20. The van der Waals surface area contributed by atoms with E-state index in [0.29, 0.717) is 5.69 Å². The highest BCUT2D eigenvalue weighted by Gasteiger charge is 2.44. The smallest absolute Gasteiger partial charge is 0.310 e. The van der Waals surface area contributed by atoms with Gasteiger partial charge in [0.1, 0.15) is 0 Å². The number of nitrogens with one attached hydrogen (secondary N) is 1. The molecule has 1 aliphatic heterocycles. The van der Waals surface area contributed by atoms with Crippen molar-refractivity contribution in [2.75, 3.05) is 18.4 Å². The van der Waals surface area contributed by atoms with Crippen molar-refractivity contribution in [2.24, 2.45) is 5.41 Å². The average Bonchev–Trinajstić information content (AvgIpc) is 2.83. The van der Waals surface area contributed by atoms with Gasteiger partial charge in [-0.05, 0) is 37.6 Å². The number of aliphatic carboxylic acids is 1. The van der Waals surface area contributed by atoms with E-state index in [2.05, 4.69) is 5.32 Å². The van der Waals surface area contributed by atoms with Crippen LogP contribution in [0.4, 0.5) is 5.69 Å². The first kappa shape index (κ1) is 16.4. The van der Waals surface area contributed by atoms with Gasteiger partial charge in [-0.25, -0.2) is 8.42 Å². The van der Waals surface area contributed by atoms with Crippen LogP contribution in [0.25, 0.3) is 0 Å². The van der Waals surface area contributed by atoms with Crippen molar-refractivity contribution >= 4 is 27.6 Å². The Morgan fingerprint density at radius 2 is 1.86 bits per heavy atom. The lowest BCUT2D eigenvalue weighted by atomic mass is 9.90. The lowest BCUT2D eigenvalue weighted by Gasteiger charge is -2.20. The highest BCUT2D eigenvalue weighted by molar-refractivity contribution is 7.89. The minimum absolute atomic E-state index is 0.0435. The molecule has 0 spiro atoms. The van der Waals surface area contributed by atoms with E-state index in [1.807, 2.05) is 0 Å². The quantitative estimate of drug-likeness (QED) is 0.863. The van der Waals surface area contributed by atoms with E-state index in [1.54, 1.807) is 6.92 Å². The average molecular weight is 326 g/mol. The number of hydrogen-bond donors (Lipinski definition) is 2. The molecule has 0 bridgehead atoms. The van der Waals surface area contributed by atoms with Gasteiger partial charge >= 0.3 is 5.97 Å². The molecule has 2 N–H and O–H groups in total. The third-order valence-corrected chi connectivity index (χ3v) is 5.63. The van der Waals surface area contributed by atoms with E-state index in [1.165, 1.54) is 35.5 Å². The molecule has 0 saturated carbocycles. The molecule has 1 aliphatic rings. The van der Waals surface area contributed by atoms with Crippen molar-refractivity contribution in [2.45, 2.75) is 25.2 Å². The minimum Gasteiger partial charge on any atom is -0.481 e. The number of anilines is 1. The summed E-state index contributed by atoms with van der Waals surface area (Å²) in [5.41, 5.74) is -0.549. The van der Waals surface area contributed by atoms with Crippen LogP contribution < -0.4 is 5.32 Å². The SMILES string of the molecule is CC(=O)Nc1ccc(S(=O)(=O)N2CCC(C)(C(=O)O)C2)cc1. The molecule has 0 radical (unpaired) electrons. The molecule has 1 amide bonds. The van der Waals surface area contributed by atoms with Crippen molar-refractivity contribution in [3.05, 3.63) is 24.3 Å². The zero-order chi connectivity index (χ0) is 16.5. The fraction of sp³-hybridized carbons (Fsp3) is 0.429. The van der Waals surface area contributed by atoms with Crippen molar-refractivity contribution in [3.8, 4) is 0 Å². The van der Waals surface area contributed by atoms with E-state index < -0.39 is 21.4 Å². The molecule has 22 heavy (non-hydrogen) atoms. The predicted molar refractivity (Wildman–Crippen MR) is 79.9 cm³/mol. The molecule has 1 atom stereocenters. The van der Waals surface area contributed by atoms with E-state index in [9.17, 15) is 23.1 Å². The lowest BCUT2D eigenvalue weighted by Crippen LogP contribution is -2.34. The largest absolute Gasteiger partial charge is 0.481 e. The van der Waals surface area contributed by atoms with Gasteiger partial charge in [0.25, 0.3) is 0 Å². The molecule has 1 unspecified atom stereocenters. The second kappa shape index (κ2) is 5.69. The van der Waals surface area contributed by atoms with Crippen LogP contribution in [0.3, 0.4) is 0 Å². The Balaban J connectivity index is 2.21. The standard InChI is InChI=1S/C14H18N2O5S/c1-10(17)15-11-3-5-12(6-4-11)22(20,21)16-8-7-14(2,9-16)13(18)19/h3-6H,7-9H2,1-2H3,(H,15,17)(H,18,19). The number of nitrogens with zero attached hydrogens (tertiary/aromatic N) is 1. The maximum absolute atomic E-state index is 12.5. The van der Waals surface area contributed by atoms with Gasteiger partial charge < -0.3 is 10.4 Å². The summed E-state index contributed by atoms with van der Waals surface area (Å²) in [5.74, 6) is -1.24. The fourth-order valence-corrected chi connectivity index (χ4v) is 3.93. The summed E-state index contributed by atoms with van der Waals surface area (Å²) in [7, 11) is -3.73. The highest BCUT2D eigenvalue weighted by atomic mass is 32.2. The summed E-state index contributed by atoms with van der Waals surface area (Å²) in [6.45, 7) is 3.04. The van der Waals surface area contributed by atoms with Crippen molar-refractivity contribution in [1.82, 2.24) is 4.31 Å². The normalized spacial score (nSPS) is 22.5. The molecule has 7 nitrogen and oxygen atoms in total. The Hall–Kier alpha value is -1.93. The maximum atomic E-state index is 12.5. The summed E-state index contributed by atoms with van der Waals surface area (Å²) in [6.07, 6.45) is 0.283. The molecule has 1 aromatic rings. The number of rotatable bonds is 4. The van der Waals surface area contributed by atoms with Crippen LogP contribution in [0.15, 0.2) is 29.2 Å². The molecule has 8 heteroatoms. The van der Waals surface area contributed by atoms with Gasteiger partial charge in [0.05, 0.1) is 10.3 Å². The summed E-state index contributed by atoms with van der Waals surface area (Å²) >= 11 is 0. The van der Waals surface area contributed by atoms with Crippen molar-refractivity contribution in [3.63, 3.8) is 0 Å². The van der Waals surface area contributed by atoms with Gasteiger partial charge in [-0.3, -0.25) is 9.59 Å². The number of sulfonamides is 1. The van der Waals surface area contributed by atoms with Crippen LogP contribution in [-0.2, 0) is 19.6 Å². The van der Waals surface area contributed by atoms with Gasteiger partial charge in [0.15, 0.2) is 0 Å². The van der Waals surface area contributed by atoms with Gasteiger partial charge in [-0.15, -0.1) is 0 Å². The number of carbonyl (C=O) groups is 2. The molecular weight excluding hydrogens is 308 g/mol. The molecule has 1 saturated heterocycles. The summed E-state index contributed by atoms with van der Waals surface area (Å²) < 4.78 is 26.2. The van der Waals surface area contributed by atoms with Gasteiger partial charge in [-0.1, -0.05) is 0 Å². The zero-order valence-electron chi connectivity index (χ0n) is 12.4. The molecule has 120 valence electrons. The second-order valence-electron chi connectivity index (χ2n) is 5.66. The number of amides is 1. The Bertz CT molecular complexity index is 698. The molecular formula is C14H18N2O5S. The van der Waals surface area contributed by atoms with E-state index >= 15 is 0 Å². The third kappa shape index (κ3) is 3.12. The predicted octanol–water partition coefficient (Wildman–Crippen LogP) is 1.13. The van der Waals surface area contributed by atoms with Crippen LogP contribution in [-0.4, -0.2) is 42.8 Å². The number of carboxylic acids is 1. The van der Waals surface area contributed by atoms with Crippen LogP contribution in [0.5, 0.6) is 0 Å². The number of benzene rings is 1. The van der Waals surface area contributed by atoms with E-state index in [4.69, 9.17) is 0 Å². The molecule has 1 heterocycles. The van der Waals surface area contributed by atoms with Gasteiger partial charge in [0.2, 0.25) is 15.9 Å². The van der Waals surface area contributed by atoms with Gasteiger partial charge in [0, 0.05) is 25.7 Å². The van der Waals surface area contributed by atoms with Crippen LogP contribution in [0, 0.1) is 5.41 Å². The Labute approximate surface area is 129 Å². The first-order valence-electron chi connectivity index (χ1n) is 6.76. The molecule has 1 aromatic carbocycles. The summed E-state index contributed by atoms with van der Waals surface area (Å²) in [5, 5.41) is 11.7. The maximum Gasteiger partial charge on any atom is 0.310 e. The number of carbonyl (C=O) groups excluding carboxylic acids is 1. The van der Waals surface area contributed by atoms with Crippen molar-refractivity contribution in [1.29, 1.82) is 0 Å². The third-order valence-electron chi connectivity index (χ3n) is 3.77. The van der Waals surface area contributed by atoms with Crippen LogP contribution in [0.2, 0.25) is 0 Å². The first-order chi connectivity index (χ1) is 10.1.